The van der Waals surface area contributed by atoms with Crippen molar-refractivity contribution in [2.45, 2.75) is 11.8 Å². The Morgan fingerprint density at radius 1 is 1.07 bits per heavy atom. The van der Waals surface area contributed by atoms with Crippen molar-refractivity contribution in [2.75, 3.05) is 43.5 Å². The van der Waals surface area contributed by atoms with Gasteiger partial charge in [0.2, 0.25) is 15.9 Å². The Bertz CT molecular complexity index is 952. The molecule has 0 radical (unpaired) electrons. The summed E-state index contributed by atoms with van der Waals surface area (Å²) in [6.07, 6.45) is 0. The molecule has 2 aromatic carbocycles. The van der Waals surface area contributed by atoms with Gasteiger partial charge in [-0.1, -0.05) is 0 Å². The molecule has 0 aliphatic carbocycles. The highest BCUT2D eigenvalue weighted by atomic mass is 32.2. The molecule has 1 aliphatic rings. The molecule has 0 aromatic heterocycles. The van der Waals surface area contributed by atoms with Gasteiger partial charge < -0.3 is 20.1 Å². The summed E-state index contributed by atoms with van der Waals surface area (Å²) in [5.74, 6) is 0.279. The molecular weight excluding hydrogens is 382 g/mol. The summed E-state index contributed by atoms with van der Waals surface area (Å²) in [6, 6.07) is 11.3. The first kappa shape index (κ1) is 20.0. The van der Waals surface area contributed by atoms with E-state index in [9.17, 15) is 18.3 Å². The first-order chi connectivity index (χ1) is 13.3. The van der Waals surface area contributed by atoms with Crippen LogP contribution in [-0.4, -0.2) is 57.0 Å². The van der Waals surface area contributed by atoms with E-state index in [0.717, 1.165) is 5.69 Å². The topological polar surface area (TPSA) is 99.2 Å². The van der Waals surface area contributed by atoms with Crippen molar-refractivity contribution in [3.05, 3.63) is 42.5 Å². The van der Waals surface area contributed by atoms with E-state index < -0.39 is 10.0 Å². The van der Waals surface area contributed by atoms with Crippen molar-refractivity contribution >= 4 is 27.3 Å². The maximum atomic E-state index is 13.0. The fourth-order valence-electron chi connectivity index (χ4n) is 3.13. The standard InChI is InChI=1S/C19H23N3O5S/c1-14(23)20-18-13-17(7-8-19(18)27-2)28(25,26)22-11-9-21(10-12-22)15-3-5-16(24)6-4-15/h3-8,13,24H,9-12H2,1-2H3,(H,20,23). The number of piperazine rings is 1. The van der Waals surface area contributed by atoms with Gasteiger partial charge in [-0.05, 0) is 42.5 Å². The average molecular weight is 405 g/mol. The van der Waals surface area contributed by atoms with Gasteiger partial charge in [0, 0.05) is 38.8 Å². The predicted octanol–water partition coefficient (Wildman–Crippen LogP) is 1.87. The van der Waals surface area contributed by atoms with E-state index in [2.05, 4.69) is 10.2 Å². The number of benzene rings is 2. The minimum atomic E-state index is -3.70. The van der Waals surface area contributed by atoms with Crippen LogP contribution >= 0.6 is 0 Å². The Hall–Kier alpha value is -2.78. The zero-order chi connectivity index (χ0) is 20.3. The molecular formula is C19H23N3O5S. The highest BCUT2D eigenvalue weighted by molar-refractivity contribution is 7.89. The summed E-state index contributed by atoms with van der Waals surface area (Å²) in [7, 11) is -2.24. The number of hydrogen-bond donors (Lipinski definition) is 2. The number of methoxy groups -OCH3 is 1. The van der Waals surface area contributed by atoms with Crippen LogP contribution in [0.1, 0.15) is 6.92 Å². The summed E-state index contributed by atoms with van der Waals surface area (Å²) in [4.78, 5) is 13.6. The van der Waals surface area contributed by atoms with Crippen molar-refractivity contribution in [3.63, 3.8) is 0 Å². The van der Waals surface area contributed by atoms with E-state index in [1.807, 2.05) is 12.1 Å². The molecule has 2 aromatic rings. The Kier molecular flexibility index (Phi) is 5.76. The number of amides is 1. The first-order valence-electron chi connectivity index (χ1n) is 8.81. The van der Waals surface area contributed by atoms with Crippen LogP contribution in [0.2, 0.25) is 0 Å². The molecule has 0 saturated carbocycles. The van der Waals surface area contributed by atoms with Gasteiger partial charge in [-0.3, -0.25) is 4.79 Å². The largest absolute Gasteiger partial charge is 0.508 e. The number of nitrogens with one attached hydrogen (secondary N) is 1. The van der Waals surface area contributed by atoms with Gasteiger partial charge in [0.25, 0.3) is 0 Å². The van der Waals surface area contributed by atoms with Crippen molar-refractivity contribution < 1.29 is 23.1 Å². The smallest absolute Gasteiger partial charge is 0.243 e. The Balaban J connectivity index is 1.76. The minimum absolute atomic E-state index is 0.107. The van der Waals surface area contributed by atoms with Crippen LogP contribution in [0.5, 0.6) is 11.5 Å². The number of nitrogens with zero attached hydrogens (tertiary/aromatic N) is 2. The second-order valence-electron chi connectivity index (χ2n) is 6.45. The molecule has 0 spiro atoms. The summed E-state index contributed by atoms with van der Waals surface area (Å²) in [5, 5.41) is 12.0. The third-order valence-electron chi connectivity index (χ3n) is 4.57. The van der Waals surface area contributed by atoms with Crippen LogP contribution in [0.3, 0.4) is 0 Å². The zero-order valence-electron chi connectivity index (χ0n) is 15.8. The van der Waals surface area contributed by atoms with Crippen LogP contribution in [0, 0.1) is 0 Å². The second-order valence-corrected chi connectivity index (χ2v) is 8.39. The number of sulfonamides is 1. The Morgan fingerprint density at radius 2 is 1.71 bits per heavy atom. The molecule has 28 heavy (non-hydrogen) atoms. The zero-order valence-corrected chi connectivity index (χ0v) is 16.6. The molecule has 1 aliphatic heterocycles. The number of hydrogen-bond acceptors (Lipinski definition) is 6. The van der Waals surface area contributed by atoms with Gasteiger partial charge in [0.15, 0.2) is 0 Å². The molecule has 150 valence electrons. The molecule has 1 saturated heterocycles. The predicted molar refractivity (Wildman–Crippen MR) is 106 cm³/mol. The molecule has 3 rings (SSSR count). The number of aromatic hydroxyl groups is 1. The summed E-state index contributed by atoms with van der Waals surface area (Å²) >= 11 is 0. The normalized spacial score (nSPS) is 15.3. The van der Waals surface area contributed by atoms with Gasteiger partial charge in [0.05, 0.1) is 17.7 Å². The molecule has 1 heterocycles. The third kappa shape index (κ3) is 4.20. The second kappa shape index (κ2) is 8.07. The van der Waals surface area contributed by atoms with Crippen LogP contribution < -0.4 is 15.0 Å². The lowest BCUT2D eigenvalue weighted by molar-refractivity contribution is -0.114. The van der Waals surface area contributed by atoms with Gasteiger partial charge in [-0.2, -0.15) is 4.31 Å². The molecule has 1 amide bonds. The summed E-state index contributed by atoms with van der Waals surface area (Å²) in [5.41, 5.74) is 1.26. The lowest BCUT2D eigenvalue weighted by Gasteiger charge is -2.35. The van der Waals surface area contributed by atoms with E-state index in [1.165, 1.54) is 36.5 Å². The number of carbonyl (C=O) groups excluding carboxylic acids is 1. The SMILES string of the molecule is COc1ccc(S(=O)(=O)N2CCN(c3ccc(O)cc3)CC2)cc1NC(C)=O. The van der Waals surface area contributed by atoms with Gasteiger partial charge in [-0.15, -0.1) is 0 Å². The van der Waals surface area contributed by atoms with Gasteiger partial charge in [-0.25, -0.2) is 8.42 Å². The Labute approximate surface area is 164 Å². The quantitative estimate of drug-likeness (QED) is 0.788. The number of carbonyl (C=O) groups is 1. The van der Waals surface area contributed by atoms with Crippen molar-refractivity contribution in [1.82, 2.24) is 4.31 Å². The molecule has 0 unspecified atom stereocenters. The number of phenolic OH excluding ortho intramolecular Hbond substituents is 1. The number of phenols is 1. The van der Waals surface area contributed by atoms with Gasteiger partial charge >= 0.3 is 0 Å². The molecule has 8 nitrogen and oxygen atoms in total. The first-order valence-corrected chi connectivity index (χ1v) is 10.2. The van der Waals surface area contributed by atoms with E-state index in [-0.39, 0.29) is 16.6 Å². The van der Waals surface area contributed by atoms with Crippen molar-refractivity contribution in [1.29, 1.82) is 0 Å². The average Bonchev–Trinajstić information content (AvgIpc) is 2.68. The van der Waals surface area contributed by atoms with E-state index in [1.54, 1.807) is 12.1 Å². The third-order valence-corrected chi connectivity index (χ3v) is 6.47. The lowest BCUT2D eigenvalue weighted by atomic mass is 10.2. The molecule has 0 atom stereocenters. The maximum Gasteiger partial charge on any atom is 0.243 e. The van der Waals surface area contributed by atoms with Crippen LogP contribution in [0.15, 0.2) is 47.4 Å². The van der Waals surface area contributed by atoms with Gasteiger partial charge in [0.1, 0.15) is 11.5 Å². The number of rotatable bonds is 5. The van der Waals surface area contributed by atoms with Crippen LogP contribution in [-0.2, 0) is 14.8 Å². The summed E-state index contributed by atoms with van der Waals surface area (Å²) < 4.78 is 32.7. The van der Waals surface area contributed by atoms with E-state index in [0.29, 0.717) is 37.6 Å². The highest BCUT2D eigenvalue weighted by Gasteiger charge is 2.29. The molecule has 1 fully saturated rings. The molecule has 9 heteroatoms. The Morgan fingerprint density at radius 3 is 2.29 bits per heavy atom. The van der Waals surface area contributed by atoms with Crippen LogP contribution in [0.4, 0.5) is 11.4 Å². The van der Waals surface area contributed by atoms with E-state index in [4.69, 9.17) is 4.74 Å². The van der Waals surface area contributed by atoms with E-state index >= 15 is 0 Å². The fraction of sp³-hybridized carbons (Fsp3) is 0.316. The number of anilines is 2. The maximum absolute atomic E-state index is 13.0. The molecule has 2 N–H and O–H groups in total. The monoisotopic (exact) mass is 405 g/mol. The summed E-state index contributed by atoms with van der Waals surface area (Å²) in [6.45, 7) is 3.11. The highest BCUT2D eigenvalue weighted by Crippen LogP contribution is 2.30. The van der Waals surface area contributed by atoms with Crippen molar-refractivity contribution in [3.8, 4) is 11.5 Å². The minimum Gasteiger partial charge on any atom is -0.508 e. The number of ether oxygens (including phenoxy) is 1. The van der Waals surface area contributed by atoms with Crippen LogP contribution in [0.25, 0.3) is 0 Å². The molecule has 0 bridgehead atoms. The lowest BCUT2D eigenvalue weighted by Crippen LogP contribution is -2.48. The van der Waals surface area contributed by atoms with Crippen molar-refractivity contribution in [2.24, 2.45) is 0 Å². The fourth-order valence-corrected chi connectivity index (χ4v) is 4.58.